The Hall–Kier alpha value is 0.200. The standard InChI is InChI=1S/C8H15FO2S/c1-5-7(9)8(11-3)6(12-5)4-10-2/h5-8H,4H2,1-3H3/t5-,6+,7?,8-/m0/s1. The number of alkyl halides is 1. The monoisotopic (exact) mass is 194 g/mol. The molecule has 2 nitrogen and oxygen atoms in total. The summed E-state index contributed by atoms with van der Waals surface area (Å²) in [6, 6.07) is 0. The fraction of sp³-hybridized carbons (Fsp3) is 1.00. The minimum atomic E-state index is -0.861. The maximum atomic E-state index is 13.4. The summed E-state index contributed by atoms with van der Waals surface area (Å²) in [6.45, 7) is 2.45. The Labute approximate surface area is 76.8 Å². The summed E-state index contributed by atoms with van der Waals surface area (Å²) in [5.74, 6) is 0. The smallest absolute Gasteiger partial charge is 0.139 e. The largest absolute Gasteiger partial charge is 0.383 e. The highest BCUT2D eigenvalue weighted by Gasteiger charge is 2.42. The maximum absolute atomic E-state index is 13.4. The molecule has 0 aromatic heterocycles. The third-order valence-corrected chi connectivity index (χ3v) is 3.56. The average Bonchev–Trinajstić information content (AvgIpc) is 2.29. The van der Waals surface area contributed by atoms with Crippen molar-refractivity contribution >= 4 is 11.8 Å². The Bertz CT molecular complexity index is 145. The summed E-state index contributed by atoms with van der Waals surface area (Å²) in [4.78, 5) is 0. The van der Waals surface area contributed by atoms with E-state index in [2.05, 4.69) is 0 Å². The van der Waals surface area contributed by atoms with Crippen LogP contribution in [-0.2, 0) is 9.47 Å². The molecule has 0 aliphatic carbocycles. The third-order valence-electron chi connectivity index (χ3n) is 2.12. The molecule has 1 aliphatic rings. The SMILES string of the molecule is COC[C@H]1S[C@@H](C)C(F)[C@H]1OC. The van der Waals surface area contributed by atoms with Gasteiger partial charge in [0, 0.05) is 19.5 Å². The van der Waals surface area contributed by atoms with Crippen molar-refractivity contribution in [2.24, 2.45) is 0 Å². The van der Waals surface area contributed by atoms with Crippen LogP contribution in [0.4, 0.5) is 4.39 Å². The minimum Gasteiger partial charge on any atom is -0.383 e. The molecule has 1 unspecified atom stereocenters. The first-order chi connectivity index (χ1) is 5.70. The summed E-state index contributed by atoms with van der Waals surface area (Å²) >= 11 is 1.61. The van der Waals surface area contributed by atoms with Crippen molar-refractivity contribution < 1.29 is 13.9 Å². The van der Waals surface area contributed by atoms with Crippen LogP contribution in [0.25, 0.3) is 0 Å². The molecule has 4 heteroatoms. The molecule has 1 aliphatic heterocycles. The van der Waals surface area contributed by atoms with E-state index in [1.54, 1.807) is 26.0 Å². The highest BCUT2D eigenvalue weighted by Crippen LogP contribution is 2.37. The van der Waals surface area contributed by atoms with Crippen LogP contribution in [0.1, 0.15) is 6.92 Å². The van der Waals surface area contributed by atoms with Crippen LogP contribution in [0.5, 0.6) is 0 Å². The number of hydrogen-bond donors (Lipinski definition) is 0. The molecule has 0 radical (unpaired) electrons. The Morgan fingerprint density at radius 2 is 2.08 bits per heavy atom. The Balaban J connectivity index is 2.52. The van der Waals surface area contributed by atoms with Crippen LogP contribution >= 0.6 is 11.8 Å². The quantitative estimate of drug-likeness (QED) is 0.678. The molecule has 0 N–H and O–H groups in total. The molecule has 1 saturated heterocycles. The maximum Gasteiger partial charge on any atom is 0.139 e. The van der Waals surface area contributed by atoms with Gasteiger partial charge in [-0.2, -0.15) is 0 Å². The summed E-state index contributed by atoms with van der Waals surface area (Å²) < 4.78 is 23.4. The van der Waals surface area contributed by atoms with Gasteiger partial charge in [0.05, 0.1) is 11.9 Å². The zero-order chi connectivity index (χ0) is 9.14. The lowest BCUT2D eigenvalue weighted by Gasteiger charge is -2.17. The summed E-state index contributed by atoms with van der Waals surface area (Å²) in [7, 11) is 3.18. The lowest BCUT2D eigenvalue weighted by molar-refractivity contribution is 0.0254. The summed E-state index contributed by atoms with van der Waals surface area (Å²) in [6.07, 6.45) is -1.16. The lowest BCUT2D eigenvalue weighted by atomic mass is 10.1. The lowest BCUT2D eigenvalue weighted by Crippen LogP contribution is -2.32. The zero-order valence-corrected chi connectivity index (χ0v) is 8.44. The van der Waals surface area contributed by atoms with Crippen molar-refractivity contribution in [3.05, 3.63) is 0 Å². The van der Waals surface area contributed by atoms with Crippen molar-refractivity contribution in [3.63, 3.8) is 0 Å². The van der Waals surface area contributed by atoms with Crippen LogP contribution in [0.15, 0.2) is 0 Å². The molecular formula is C8H15FO2S. The van der Waals surface area contributed by atoms with Crippen LogP contribution in [0, 0.1) is 0 Å². The molecule has 72 valence electrons. The van der Waals surface area contributed by atoms with E-state index in [9.17, 15) is 4.39 Å². The predicted molar refractivity (Wildman–Crippen MR) is 48.4 cm³/mol. The second-order valence-corrected chi connectivity index (χ2v) is 4.60. The van der Waals surface area contributed by atoms with Crippen molar-refractivity contribution in [1.29, 1.82) is 0 Å². The number of hydrogen-bond acceptors (Lipinski definition) is 3. The van der Waals surface area contributed by atoms with Gasteiger partial charge in [0.2, 0.25) is 0 Å². The van der Waals surface area contributed by atoms with E-state index >= 15 is 0 Å². The number of halogens is 1. The molecule has 0 spiro atoms. The molecule has 0 aromatic carbocycles. The zero-order valence-electron chi connectivity index (χ0n) is 7.62. The second-order valence-electron chi connectivity index (χ2n) is 2.98. The Morgan fingerprint density at radius 1 is 1.42 bits per heavy atom. The van der Waals surface area contributed by atoms with Crippen LogP contribution in [0.2, 0.25) is 0 Å². The second kappa shape index (κ2) is 4.44. The van der Waals surface area contributed by atoms with Gasteiger partial charge >= 0.3 is 0 Å². The van der Waals surface area contributed by atoms with Gasteiger partial charge in [-0.1, -0.05) is 6.92 Å². The first kappa shape index (κ1) is 10.3. The molecule has 0 aromatic rings. The van der Waals surface area contributed by atoms with E-state index in [0.29, 0.717) is 6.61 Å². The van der Waals surface area contributed by atoms with Gasteiger partial charge in [0.25, 0.3) is 0 Å². The van der Waals surface area contributed by atoms with Gasteiger partial charge in [-0.15, -0.1) is 11.8 Å². The first-order valence-corrected chi connectivity index (χ1v) is 4.96. The van der Waals surface area contributed by atoms with E-state index in [1.807, 2.05) is 6.92 Å². The van der Waals surface area contributed by atoms with E-state index in [0.717, 1.165) is 0 Å². The molecule has 12 heavy (non-hydrogen) atoms. The summed E-state index contributed by atoms with van der Waals surface area (Å²) in [5, 5.41) is 0.167. The normalized spacial score (nSPS) is 42.0. The fourth-order valence-electron chi connectivity index (χ4n) is 1.48. The van der Waals surface area contributed by atoms with E-state index in [1.165, 1.54) is 0 Å². The first-order valence-electron chi connectivity index (χ1n) is 4.02. The van der Waals surface area contributed by atoms with Gasteiger partial charge < -0.3 is 9.47 Å². The molecule has 4 atom stereocenters. The van der Waals surface area contributed by atoms with Gasteiger partial charge in [-0.25, -0.2) is 4.39 Å². The molecule has 0 bridgehead atoms. The fourth-order valence-corrected chi connectivity index (χ4v) is 2.97. The highest BCUT2D eigenvalue weighted by molar-refractivity contribution is 8.00. The van der Waals surface area contributed by atoms with E-state index < -0.39 is 6.17 Å². The molecule has 1 fully saturated rings. The number of thioether (sulfide) groups is 1. The van der Waals surface area contributed by atoms with Crippen molar-refractivity contribution in [1.82, 2.24) is 0 Å². The van der Waals surface area contributed by atoms with Crippen LogP contribution < -0.4 is 0 Å². The Kier molecular flexibility index (Phi) is 3.80. The van der Waals surface area contributed by atoms with Gasteiger partial charge in [-0.3, -0.25) is 0 Å². The van der Waals surface area contributed by atoms with Gasteiger partial charge in [-0.05, 0) is 0 Å². The molecule has 1 rings (SSSR count). The number of rotatable bonds is 3. The number of ether oxygens (including phenoxy) is 2. The Morgan fingerprint density at radius 3 is 2.58 bits per heavy atom. The van der Waals surface area contributed by atoms with Crippen molar-refractivity contribution in [2.75, 3.05) is 20.8 Å². The van der Waals surface area contributed by atoms with E-state index in [4.69, 9.17) is 9.47 Å². The molecule has 0 saturated carbocycles. The minimum absolute atomic E-state index is 0.0232. The molecular weight excluding hydrogens is 179 g/mol. The van der Waals surface area contributed by atoms with Gasteiger partial charge in [0.15, 0.2) is 0 Å². The molecule has 0 amide bonds. The molecule has 1 heterocycles. The number of methoxy groups -OCH3 is 2. The third kappa shape index (κ3) is 1.92. The van der Waals surface area contributed by atoms with Crippen molar-refractivity contribution in [3.8, 4) is 0 Å². The van der Waals surface area contributed by atoms with Crippen molar-refractivity contribution in [2.45, 2.75) is 29.7 Å². The van der Waals surface area contributed by atoms with Crippen LogP contribution in [-0.4, -0.2) is 43.6 Å². The predicted octanol–water partition coefficient (Wildman–Crippen LogP) is 1.49. The average molecular weight is 194 g/mol. The topological polar surface area (TPSA) is 18.5 Å². The van der Waals surface area contributed by atoms with Crippen LogP contribution in [0.3, 0.4) is 0 Å². The van der Waals surface area contributed by atoms with E-state index in [-0.39, 0.29) is 16.6 Å². The summed E-state index contributed by atoms with van der Waals surface area (Å²) in [5.41, 5.74) is 0. The highest BCUT2D eigenvalue weighted by atomic mass is 32.2. The van der Waals surface area contributed by atoms with Gasteiger partial charge in [0.1, 0.15) is 12.3 Å².